The standard InChI is InChI=1S/C15H21BrN4O/c1-19(2)15-18-9-11(20(15)3)8-17-14-7-5-6-13(16)12(14)10-21-4/h5-7,9,17H,8,10H2,1-4H3. The molecule has 21 heavy (non-hydrogen) atoms. The number of rotatable bonds is 6. The first-order chi connectivity index (χ1) is 10.0. The van der Waals surface area contributed by atoms with E-state index in [4.69, 9.17) is 4.74 Å². The smallest absolute Gasteiger partial charge is 0.204 e. The van der Waals surface area contributed by atoms with Gasteiger partial charge in [0.05, 0.1) is 25.0 Å². The molecule has 0 bridgehead atoms. The first-order valence-corrected chi connectivity index (χ1v) is 7.52. The van der Waals surface area contributed by atoms with E-state index in [0.29, 0.717) is 13.2 Å². The first-order valence-electron chi connectivity index (χ1n) is 6.72. The van der Waals surface area contributed by atoms with Crippen LogP contribution >= 0.6 is 15.9 Å². The van der Waals surface area contributed by atoms with Crippen LogP contribution in [0.3, 0.4) is 0 Å². The molecule has 1 heterocycles. The molecule has 0 spiro atoms. The highest BCUT2D eigenvalue weighted by atomic mass is 79.9. The SMILES string of the molecule is COCc1c(Br)cccc1NCc1cnc(N(C)C)n1C. The van der Waals surface area contributed by atoms with E-state index in [1.54, 1.807) is 7.11 Å². The molecule has 1 N–H and O–H groups in total. The molecule has 0 amide bonds. The Labute approximate surface area is 134 Å². The maximum Gasteiger partial charge on any atom is 0.204 e. The lowest BCUT2D eigenvalue weighted by molar-refractivity contribution is 0.185. The van der Waals surface area contributed by atoms with Crippen LogP contribution in [0.1, 0.15) is 11.3 Å². The highest BCUT2D eigenvalue weighted by molar-refractivity contribution is 9.10. The Morgan fingerprint density at radius 3 is 2.76 bits per heavy atom. The van der Waals surface area contributed by atoms with E-state index in [1.807, 2.05) is 44.4 Å². The van der Waals surface area contributed by atoms with Crippen molar-refractivity contribution in [3.8, 4) is 0 Å². The minimum atomic E-state index is 0.568. The predicted molar refractivity (Wildman–Crippen MR) is 89.7 cm³/mol. The predicted octanol–water partition coefficient (Wildman–Crippen LogP) is 3.01. The molecule has 1 aromatic carbocycles. The van der Waals surface area contributed by atoms with Gasteiger partial charge in [0.15, 0.2) is 0 Å². The number of methoxy groups -OCH3 is 1. The number of ether oxygens (including phenoxy) is 1. The molecular weight excluding hydrogens is 332 g/mol. The van der Waals surface area contributed by atoms with Crippen molar-refractivity contribution in [1.82, 2.24) is 9.55 Å². The summed E-state index contributed by atoms with van der Waals surface area (Å²) in [5.41, 5.74) is 3.32. The van der Waals surface area contributed by atoms with Gasteiger partial charge in [-0.3, -0.25) is 0 Å². The second kappa shape index (κ2) is 6.95. The molecule has 0 fully saturated rings. The van der Waals surface area contributed by atoms with Gasteiger partial charge in [-0.25, -0.2) is 4.98 Å². The molecule has 0 saturated heterocycles. The van der Waals surface area contributed by atoms with Crippen LogP contribution in [-0.4, -0.2) is 30.8 Å². The van der Waals surface area contributed by atoms with Crippen molar-refractivity contribution < 1.29 is 4.74 Å². The van der Waals surface area contributed by atoms with Crippen LogP contribution < -0.4 is 10.2 Å². The number of anilines is 2. The van der Waals surface area contributed by atoms with Crippen molar-refractivity contribution in [2.45, 2.75) is 13.2 Å². The largest absolute Gasteiger partial charge is 0.380 e. The Kier molecular flexibility index (Phi) is 5.25. The van der Waals surface area contributed by atoms with Crippen LogP contribution in [0.4, 0.5) is 11.6 Å². The fraction of sp³-hybridized carbons (Fsp3) is 0.400. The normalized spacial score (nSPS) is 10.7. The van der Waals surface area contributed by atoms with Gasteiger partial charge in [0, 0.05) is 44.0 Å². The number of hydrogen-bond donors (Lipinski definition) is 1. The second-order valence-corrected chi connectivity index (χ2v) is 5.91. The highest BCUT2D eigenvalue weighted by Crippen LogP contribution is 2.26. The van der Waals surface area contributed by atoms with Crippen LogP contribution in [0.5, 0.6) is 0 Å². The summed E-state index contributed by atoms with van der Waals surface area (Å²) in [5, 5.41) is 3.46. The van der Waals surface area contributed by atoms with E-state index in [-0.39, 0.29) is 0 Å². The molecular formula is C15H21BrN4O. The van der Waals surface area contributed by atoms with E-state index in [1.165, 1.54) is 0 Å². The van der Waals surface area contributed by atoms with Crippen molar-refractivity contribution in [3.63, 3.8) is 0 Å². The van der Waals surface area contributed by atoms with Gasteiger partial charge in [-0.05, 0) is 12.1 Å². The molecule has 0 aliphatic heterocycles. The van der Waals surface area contributed by atoms with Crippen LogP contribution in [0.25, 0.3) is 0 Å². The van der Waals surface area contributed by atoms with Gasteiger partial charge in [-0.15, -0.1) is 0 Å². The summed E-state index contributed by atoms with van der Waals surface area (Å²) in [7, 11) is 7.71. The van der Waals surface area contributed by atoms with Gasteiger partial charge in [-0.1, -0.05) is 22.0 Å². The molecule has 5 nitrogen and oxygen atoms in total. The summed E-state index contributed by atoms with van der Waals surface area (Å²) >= 11 is 3.57. The van der Waals surface area contributed by atoms with Crippen LogP contribution in [0, 0.1) is 0 Å². The molecule has 0 radical (unpaired) electrons. The number of nitrogens with one attached hydrogen (secondary N) is 1. The van der Waals surface area contributed by atoms with Crippen LogP contribution in [0.15, 0.2) is 28.9 Å². The molecule has 1 aromatic heterocycles. The minimum Gasteiger partial charge on any atom is -0.380 e. The highest BCUT2D eigenvalue weighted by Gasteiger charge is 2.10. The Morgan fingerprint density at radius 2 is 2.14 bits per heavy atom. The van der Waals surface area contributed by atoms with E-state index in [2.05, 4.69) is 36.9 Å². The Balaban J connectivity index is 2.15. The summed E-state index contributed by atoms with van der Waals surface area (Å²) in [4.78, 5) is 6.42. The Morgan fingerprint density at radius 1 is 1.38 bits per heavy atom. The molecule has 0 atom stereocenters. The lowest BCUT2D eigenvalue weighted by atomic mass is 10.2. The number of hydrogen-bond acceptors (Lipinski definition) is 4. The van der Waals surface area contributed by atoms with Crippen molar-refractivity contribution in [2.24, 2.45) is 7.05 Å². The number of aromatic nitrogens is 2. The number of benzene rings is 1. The summed E-state index contributed by atoms with van der Waals surface area (Å²) in [6.45, 7) is 1.28. The van der Waals surface area contributed by atoms with Gasteiger partial charge in [-0.2, -0.15) is 0 Å². The van der Waals surface area contributed by atoms with Crippen molar-refractivity contribution in [1.29, 1.82) is 0 Å². The van der Waals surface area contributed by atoms with Gasteiger partial charge >= 0.3 is 0 Å². The van der Waals surface area contributed by atoms with Crippen LogP contribution in [-0.2, 0) is 24.9 Å². The van der Waals surface area contributed by atoms with Gasteiger partial charge in [0.2, 0.25) is 5.95 Å². The quantitative estimate of drug-likeness (QED) is 0.867. The van der Waals surface area contributed by atoms with E-state index >= 15 is 0 Å². The van der Waals surface area contributed by atoms with Crippen molar-refractivity contribution >= 4 is 27.6 Å². The molecule has 2 rings (SSSR count). The molecule has 114 valence electrons. The fourth-order valence-electron chi connectivity index (χ4n) is 2.21. The third kappa shape index (κ3) is 3.57. The Hall–Kier alpha value is -1.53. The van der Waals surface area contributed by atoms with Gasteiger partial charge in [0.1, 0.15) is 0 Å². The van der Waals surface area contributed by atoms with Gasteiger partial charge in [0.25, 0.3) is 0 Å². The van der Waals surface area contributed by atoms with Crippen LogP contribution in [0.2, 0.25) is 0 Å². The zero-order chi connectivity index (χ0) is 15.4. The summed E-state index contributed by atoms with van der Waals surface area (Å²) in [6, 6.07) is 6.09. The minimum absolute atomic E-state index is 0.568. The average molecular weight is 353 g/mol. The summed E-state index contributed by atoms with van der Waals surface area (Å²) < 4.78 is 8.40. The number of nitrogens with zero attached hydrogens (tertiary/aromatic N) is 3. The van der Waals surface area contributed by atoms with Crippen molar-refractivity contribution in [2.75, 3.05) is 31.4 Å². The molecule has 0 aliphatic carbocycles. The molecule has 0 saturated carbocycles. The van der Waals surface area contributed by atoms with Gasteiger partial charge < -0.3 is 19.5 Å². The fourth-order valence-corrected chi connectivity index (χ4v) is 2.70. The van der Waals surface area contributed by atoms with E-state index < -0.39 is 0 Å². The number of imidazole rings is 1. The molecule has 0 aliphatic rings. The summed E-state index contributed by atoms with van der Waals surface area (Å²) in [6.07, 6.45) is 1.90. The Bertz CT molecular complexity index is 610. The molecule has 2 aromatic rings. The maximum absolute atomic E-state index is 5.27. The third-order valence-electron chi connectivity index (χ3n) is 3.33. The zero-order valence-electron chi connectivity index (χ0n) is 12.9. The molecule has 0 unspecified atom stereocenters. The zero-order valence-corrected chi connectivity index (χ0v) is 14.4. The van der Waals surface area contributed by atoms with Crippen molar-refractivity contribution in [3.05, 3.63) is 40.1 Å². The molecule has 6 heteroatoms. The average Bonchev–Trinajstić information content (AvgIpc) is 2.81. The lowest BCUT2D eigenvalue weighted by Gasteiger charge is -2.15. The second-order valence-electron chi connectivity index (χ2n) is 5.06. The lowest BCUT2D eigenvalue weighted by Crippen LogP contribution is -2.15. The topological polar surface area (TPSA) is 42.3 Å². The van der Waals surface area contributed by atoms with E-state index in [9.17, 15) is 0 Å². The third-order valence-corrected chi connectivity index (χ3v) is 4.07. The monoisotopic (exact) mass is 352 g/mol. The maximum atomic E-state index is 5.27. The first kappa shape index (κ1) is 15.9. The summed E-state index contributed by atoms with van der Waals surface area (Å²) in [5.74, 6) is 0.943. The number of halogens is 1. The van der Waals surface area contributed by atoms with E-state index in [0.717, 1.165) is 27.4 Å².